The fourth-order valence-electron chi connectivity index (χ4n) is 4.37. The highest BCUT2D eigenvalue weighted by Crippen LogP contribution is 2.36. The largest absolute Gasteiger partial charge is 0.493 e. The van der Waals surface area contributed by atoms with Gasteiger partial charge < -0.3 is 14.2 Å². The molecule has 1 aromatic heterocycles. The second kappa shape index (κ2) is 10.8. The molecule has 5 aromatic rings. The van der Waals surface area contributed by atoms with Crippen molar-refractivity contribution in [2.24, 2.45) is 0 Å². The van der Waals surface area contributed by atoms with Gasteiger partial charge in [0.15, 0.2) is 17.3 Å². The van der Waals surface area contributed by atoms with Gasteiger partial charge in [-0.3, -0.25) is 9.78 Å². The standard InChI is InChI=1S/C31H25NO4S/c1-34-30-18-26-27(19-31(30)35-2)32-15-14-29(26)36-22-12-10-20(11-13-22)16-23(37)17-28(33)25-9-5-7-21-6-3-4-8-24(21)25/h3-15,18-19H,16-17H2,1-2H3. The number of pyridine rings is 1. The highest BCUT2D eigenvalue weighted by atomic mass is 32.1. The Bertz CT molecular complexity index is 1610. The predicted octanol–water partition coefficient (Wildman–Crippen LogP) is 7.38. The van der Waals surface area contributed by atoms with E-state index in [0.29, 0.717) is 39.8 Å². The molecule has 0 amide bonds. The SMILES string of the molecule is COc1cc2nccc(Oc3ccc(CC(=S)CC(=O)c4cccc5ccccc45)cc3)c2cc1OC. The molecule has 184 valence electrons. The molecule has 0 fully saturated rings. The third-order valence-electron chi connectivity index (χ3n) is 6.21. The summed E-state index contributed by atoms with van der Waals surface area (Å²) in [6.07, 6.45) is 2.47. The van der Waals surface area contributed by atoms with E-state index in [9.17, 15) is 4.79 Å². The number of hydrogen-bond acceptors (Lipinski definition) is 6. The maximum absolute atomic E-state index is 13.0. The van der Waals surface area contributed by atoms with E-state index in [2.05, 4.69) is 4.98 Å². The fraction of sp³-hybridized carbons (Fsp3) is 0.129. The van der Waals surface area contributed by atoms with Gasteiger partial charge in [0.2, 0.25) is 0 Å². The summed E-state index contributed by atoms with van der Waals surface area (Å²) < 4.78 is 17.0. The van der Waals surface area contributed by atoms with Crippen molar-refractivity contribution in [1.29, 1.82) is 0 Å². The number of rotatable bonds is 9. The average molecular weight is 508 g/mol. The number of methoxy groups -OCH3 is 2. The van der Waals surface area contributed by atoms with Crippen LogP contribution in [0.5, 0.6) is 23.0 Å². The number of carbonyl (C=O) groups excluding carboxylic acids is 1. The number of ether oxygens (including phenoxy) is 3. The fourth-order valence-corrected chi connectivity index (χ4v) is 4.67. The Morgan fingerprint density at radius 2 is 1.54 bits per heavy atom. The van der Waals surface area contributed by atoms with Crippen LogP contribution in [0.2, 0.25) is 0 Å². The molecule has 37 heavy (non-hydrogen) atoms. The number of benzene rings is 4. The van der Waals surface area contributed by atoms with Crippen molar-refractivity contribution in [1.82, 2.24) is 4.98 Å². The van der Waals surface area contributed by atoms with Gasteiger partial charge >= 0.3 is 0 Å². The van der Waals surface area contributed by atoms with Gasteiger partial charge in [-0.15, -0.1) is 0 Å². The molecule has 0 atom stereocenters. The van der Waals surface area contributed by atoms with E-state index < -0.39 is 0 Å². The van der Waals surface area contributed by atoms with E-state index >= 15 is 0 Å². The molecule has 4 aromatic carbocycles. The van der Waals surface area contributed by atoms with E-state index in [1.54, 1.807) is 20.4 Å². The van der Waals surface area contributed by atoms with Crippen LogP contribution in [0, 0.1) is 0 Å². The number of ketones is 1. The molecule has 0 aliphatic heterocycles. The zero-order valence-corrected chi connectivity index (χ0v) is 21.4. The maximum atomic E-state index is 13.0. The number of Topliss-reactive ketones (excluding diaryl/α,β-unsaturated/α-hetero) is 1. The van der Waals surface area contributed by atoms with Crippen LogP contribution in [0.3, 0.4) is 0 Å². The van der Waals surface area contributed by atoms with Crippen molar-refractivity contribution in [3.63, 3.8) is 0 Å². The molecule has 0 saturated carbocycles. The highest BCUT2D eigenvalue weighted by molar-refractivity contribution is 7.80. The van der Waals surface area contributed by atoms with Gasteiger partial charge in [0.05, 0.1) is 19.7 Å². The molecule has 0 bridgehead atoms. The molecule has 0 aliphatic carbocycles. The minimum absolute atomic E-state index is 0.0402. The summed E-state index contributed by atoms with van der Waals surface area (Å²) in [5, 5.41) is 2.82. The summed E-state index contributed by atoms with van der Waals surface area (Å²) in [6, 6.07) is 26.9. The summed E-state index contributed by atoms with van der Waals surface area (Å²) in [5.74, 6) is 2.60. The number of carbonyl (C=O) groups is 1. The summed E-state index contributed by atoms with van der Waals surface area (Å²) in [6.45, 7) is 0. The lowest BCUT2D eigenvalue weighted by Gasteiger charge is -2.12. The van der Waals surface area contributed by atoms with Crippen LogP contribution >= 0.6 is 12.2 Å². The van der Waals surface area contributed by atoms with Crippen molar-refractivity contribution >= 4 is 44.5 Å². The summed E-state index contributed by atoms with van der Waals surface area (Å²) in [4.78, 5) is 18.1. The predicted molar refractivity (Wildman–Crippen MR) is 151 cm³/mol. The lowest BCUT2D eigenvalue weighted by molar-refractivity contribution is 0.100. The van der Waals surface area contributed by atoms with E-state index in [1.165, 1.54) is 0 Å². The van der Waals surface area contributed by atoms with Gasteiger partial charge in [-0.25, -0.2) is 0 Å². The zero-order chi connectivity index (χ0) is 25.8. The molecule has 0 radical (unpaired) electrons. The lowest BCUT2D eigenvalue weighted by atomic mass is 9.97. The second-order valence-corrected chi connectivity index (χ2v) is 9.20. The molecule has 5 nitrogen and oxygen atoms in total. The Morgan fingerprint density at radius 1 is 0.811 bits per heavy atom. The molecule has 0 N–H and O–H groups in total. The molecule has 0 aliphatic rings. The van der Waals surface area contributed by atoms with Crippen molar-refractivity contribution in [2.75, 3.05) is 14.2 Å². The minimum atomic E-state index is 0.0402. The molecule has 0 saturated heterocycles. The Kier molecular flexibility index (Phi) is 7.10. The van der Waals surface area contributed by atoms with Gasteiger partial charge in [0, 0.05) is 40.9 Å². The summed E-state index contributed by atoms with van der Waals surface area (Å²) in [7, 11) is 3.19. The third-order valence-corrected chi connectivity index (χ3v) is 6.50. The first-order valence-corrected chi connectivity index (χ1v) is 12.3. The van der Waals surface area contributed by atoms with E-state index in [1.807, 2.05) is 84.9 Å². The first kappa shape index (κ1) is 24.4. The van der Waals surface area contributed by atoms with Gasteiger partial charge in [0.25, 0.3) is 0 Å². The van der Waals surface area contributed by atoms with Gasteiger partial charge in [-0.1, -0.05) is 66.8 Å². The highest BCUT2D eigenvalue weighted by Gasteiger charge is 2.14. The number of aromatic nitrogens is 1. The molecule has 6 heteroatoms. The second-order valence-electron chi connectivity index (χ2n) is 8.62. The van der Waals surface area contributed by atoms with Crippen LogP contribution in [-0.4, -0.2) is 29.9 Å². The van der Waals surface area contributed by atoms with Crippen molar-refractivity contribution in [3.05, 3.63) is 102 Å². The Hall–Kier alpha value is -4.29. The van der Waals surface area contributed by atoms with Gasteiger partial charge in [-0.2, -0.15) is 0 Å². The maximum Gasteiger partial charge on any atom is 0.168 e. The Morgan fingerprint density at radius 3 is 2.32 bits per heavy atom. The van der Waals surface area contributed by atoms with Crippen LogP contribution in [0.1, 0.15) is 22.3 Å². The summed E-state index contributed by atoms with van der Waals surface area (Å²) >= 11 is 5.59. The minimum Gasteiger partial charge on any atom is -0.493 e. The lowest BCUT2D eigenvalue weighted by Crippen LogP contribution is -2.09. The quantitative estimate of drug-likeness (QED) is 0.153. The Labute approximate surface area is 220 Å². The molecule has 1 heterocycles. The molecular formula is C31H25NO4S. The number of fused-ring (bicyclic) bond motifs is 2. The van der Waals surface area contributed by atoms with Crippen molar-refractivity contribution < 1.29 is 19.0 Å². The van der Waals surface area contributed by atoms with Crippen LogP contribution in [0.15, 0.2) is 91.1 Å². The Balaban J connectivity index is 1.27. The van der Waals surface area contributed by atoms with E-state index in [4.69, 9.17) is 26.4 Å². The normalized spacial score (nSPS) is 10.9. The average Bonchev–Trinajstić information content (AvgIpc) is 2.93. The molecule has 0 spiro atoms. The van der Waals surface area contributed by atoms with Crippen LogP contribution < -0.4 is 14.2 Å². The third kappa shape index (κ3) is 5.29. The van der Waals surface area contributed by atoms with Gasteiger partial charge in [0.1, 0.15) is 11.5 Å². The van der Waals surface area contributed by atoms with Crippen molar-refractivity contribution in [2.45, 2.75) is 12.8 Å². The van der Waals surface area contributed by atoms with E-state index in [-0.39, 0.29) is 12.2 Å². The topological polar surface area (TPSA) is 57.7 Å². The monoisotopic (exact) mass is 507 g/mol. The first-order valence-electron chi connectivity index (χ1n) is 11.9. The number of thiocarbonyl (C=S) groups is 1. The molecule has 0 unspecified atom stereocenters. The van der Waals surface area contributed by atoms with Crippen LogP contribution in [0.4, 0.5) is 0 Å². The smallest absolute Gasteiger partial charge is 0.168 e. The van der Waals surface area contributed by atoms with E-state index in [0.717, 1.165) is 27.2 Å². The van der Waals surface area contributed by atoms with Gasteiger partial charge in [-0.05, 0) is 40.6 Å². The molecular weight excluding hydrogens is 482 g/mol. The first-order chi connectivity index (χ1) is 18.1. The number of hydrogen-bond donors (Lipinski definition) is 0. The van der Waals surface area contributed by atoms with Crippen molar-refractivity contribution in [3.8, 4) is 23.0 Å². The zero-order valence-electron chi connectivity index (χ0n) is 20.6. The van der Waals surface area contributed by atoms with Crippen LogP contribution in [-0.2, 0) is 6.42 Å². The number of nitrogens with zero attached hydrogens (tertiary/aromatic N) is 1. The molecule has 5 rings (SSSR count). The summed E-state index contributed by atoms with van der Waals surface area (Å²) in [5.41, 5.74) is 2.48. The van der Waals surface area contributed by atoms with Crippen LogP contribution in [0.25, 0.3) is 21.7 Å².